The fraction of sp³-hybridized carbons (Fsp3) is 0.182. The first-order valence-corrected chi connectivity index (χ1v) is 3.63. The zero-order valence-electron chi connectivity index (χ0n) is 6.72. The van der Waals surface area contributed by atoms with Crippen LogP contribution in [0, 0.1) is 18.8 Å². The average molecular weight is 143 g/mol. The lowest BCUT2D eigenvalue weighted by molar-refractivity contribution is 1.31. The second-order valence-corrected chi connectivity index (χ2v) is 2.42. The predicted octanol–water partition coefficient (Wildman–Crippen LogP) is 2.43. The van der Waals surface area contributed by atoms with Crippen LogP contribution in [0.25, 0.3) is 0 Å². The van der Waals surface area contributed by atoms with Crippen molar-refractivity contribution >= 4 is 0 Å². The van der Waals surface area contributed by atoms with E-state index in [0.717, 1.165) is 12.0 Å². The quantitative estimate of drug-likeness (QED) is 0.530. The lowest BCUT2D eigenvalue weighted by Gasteiger charge is -1.94. The van der Waals surface area contributed by atoms with Gasteiger partial charge in [0.2, 0.25) is 0 Å². The first-order valence-electron chi connectivity index (χ1n) is 3.63. The summed E-state index contributed by atoms with van der Waals surface area (Å²) in [5.41, 5.74) is 2.31. The van der Waals surface area contributed by atoms with Crippen molar-refractivity contribution in [1.82, 2.24) is 0 Å². The van der Waals surface area contributed by atoms with Gasteiger partial charge < -0.3 is 0 Å². The molecule has 1 radical (unpaired) electrons. The van der Waals surface area contributed by atoms with E-state index in [1.54, 1.807) is 0 Å². The van der Waals surface area contributed by atoms with Crippen LogP contribution in [0.15, 0.2) is 24.3 Å². The molecule has 1 aromatic rings. The molecule has 0 saturated heterocycles. The van der Waals surface area contributed by atoms with Crippen molar-refractivity contribution in [2.75, 3.05) is 0 Å². The fourth-order valence-electron chi connectivity index (χ4n) is 0.848. The van der Waals surface area contributed by atoms with Crippen LogP contribution >= 0.6 is 0 Å². The van der Waals surface area contributed by atoms with Crippen molar-refractivity contribution in [1.29, 1.82) is 0 Å². The van der Waals surface area contributed by atoms with Gasteiger partial charge in [-0.3, -0.25) is 0 Å². The summed E-state index contributed by atoms with van der Waals surface area (Å²) in [5, 5.41) is 0. The molecular formula is C11H11. The standard InChI is InChI=1S/C11H11/c1-3-4-5-11-8-6-10(2)7-9-11/h6-9H,2,5H2,1H3. The minimum Gasteiger partial charge on any atom is -0.106 e. The fourth-order valence-corrected chi connectivity index (χ4v) is 0.848. The van der Waals surface area contributed by atoms with Crippen molar-refractivity contribution in [2.45, 2.75) is 13.3 Å². The van der Waals surface area contributed by atoms with E-state index in [4.69, 9.17) is 0 Å². The molecule has 0 aliphatic heterocycles. The van der Waals surface area contributed by atoms with Crippen LogP contribution in [0.2, 0.25) is 0 Å². The van der Waals surface area contributed by atoms with E-state index in [2.05, 4.69) is 30.9 Å². The van der Waals surface area contributed by atoms with Crippen LogP contribution in [0.4, 0.5) is 0 Å². The molecule has 55 valence electrons. The molecule has 0 heteroatoms. The molecular weight excluding hydrogens is 132 g/mol. The monoisotopic (exact) mass is 143 g/mol. The van der Waals surface area contributed by atoms with E-state index in [-0.39, 0.29) is 0 Å². The molecule has 0 fully saturated rings. The van der Waals surface area contributed by atoms with Gasteiger partial charge in [0.25, 0.3) is 0 Å². The Kier molecular flexibility index (Phi) is 2.74. The molecule has 0 atom stereocenters. The largest absolute Gasteiger partial charge is 0.106 e. The first kappa shape index (κ1) is 7.88. The van der Waals surface area contributed by atoms with Gasteiger partial charge in [-0.2, -0.15) is 0 Å². The average Bonchev–Trinajstić information content (AvgIpc) is 2.04. The van der Waals surface area contributed by atoms with E-state index in [9.17, 15) is 0 Å². The van der Waals surface area contributed by atoms with Crippen molar-refractivity contribution in [3.8, 4) is 11.8 Å². The molecule has 11 heavy (non-hydrogen) atoms. The van der Waals surface area contributed by atoms with Gasteiger partial charge in [-0.05, 0) is 25.0 Å². The van der Waals surface area contributed by atoms with Crippen LogP contribution in [-0.2, 0) is 6.42 Å². The molecule has 0 aliphatic rings. The highest BCUT2D eigenvalue weighted by atomic mass is 13.9. The molecule has 0 nitrogen and oxygen atoms in total. The molecule has 0 spiro atoms. The van der Waals surface area contributed by atoms with Crippen molar-refractivity contribution in [3.63, 3.8) is 0 Å². The Hall–Kier alpha value is -1.22. The summed E-state index contributed by atoms with van der Waals surface area (Å²) in [5.74, 6) is 5.88. The van der Waals surface area contributed by atoms with Gasteiger partial charge in [0.15, 0.2) is 0 Å². The van der Waals surface area contributed by atoms with E-state index in [1.807, 2.05) is 19.1 Å². The molecule has 0 aromatic heterocycles. The Morgan fingerprint density at radius 1 is 1.27 bits per heavy atom. The van der Waals surface area contributed by atoms with E-state index in [0.29, 0.717) is 0 Å². The summed E-state index contributed by atoms with van der Waals surface area (Å²) in [4.78, 5) is 0. The molecule has 0 unspecified atom stereocenters. The molecule has 1 rings (SSSR count). The van der Waals surface area contributed by atoms with Crippen LogP contribution in [-0.4, -0.2) is 0 Å². The van der Waals surface area contributed by atoms with E-state index < -0.39 is 0 Å². The molecule has 0 N–H and O–H groups in total. The lowest BCUT2D eigenvalue weighted by Crippen LogP contribution is -1.80. The summed E-state index contributed by atoms with van der Waals surface area (Å²) < 4.78 is 0. The third-order valence-electron chi connectivity index (χ3n) is 1.49. The van der Waals surface area contributed by atoms with Crippen LogP contribution < -0.4 is 0 Å². The summed E-state index contributed by atoms with van der Waals surface area (Å²) in [6.07, 6.45) is 0.844. The topological polar surface area (TPSA) is 0 Å². The normalized spacial score (nSPS) is 8.55. The zero-order chi connectivity index (χ0) is 8.10. The maximum absolute atomic E-state index is 3.81. The molecule has 0 bridgehead atoms. The summed E-state index contributed by atoms with van der Waals surface area (Å²) in [6, 6.07) is 8.14. The molecule has 1 aromatic carbocycles. The SMILES string of the molecule is [CH2]c1ccc(CC#CC)cc1. The molecule has 0 aliphatic carbocycles. The molecule has 0 heterocycles. The van der Waals surface area contributed by atoms with E-state index in [1.165, 1.54) is 5.56 Å². The lowest BCUT2D eigenvalue weighted by atomic mass is 10.1. The van der Waals surface area contributed by atoms with Gasteiger partial charge in [0.05, 0.1) is 0 Å². The highest BCUT2D eigenvalue weighted by molar-refractivity contribution is 5.26. The third-order valence-corrected chi connectivity index (χ3v) is 1.49. The second kappa shape index (κ2) is 3.83. The summed E-state index contributed by atoms with van der Waals surface area (Å²) in [6.45, 7) is 5.66. The smallest absolute Gasteiger partial charge is 0.0340 e. The highest BCUT2D eigenvalue weighted by Crippen LogP contribution is 2.02. The maximum Gasteiger partial charge on any atom is 0.0340 e. The number of hydrogen-bond donors (Lipinski definition) is 0. The Morgan fingerprint density at radius 3 is 2.45 bits per heavy atom. The third kappa shape index (κ3) is 2.47. The Balaban J connectivity index is 2.71. The van der Waals surface area contributed by atoms with Gasteiger partial charge in [0.1, 0.15) is 0 Å². The Labute approximate surface area is 68.3 Å². The van der Waals surface area contributed by atoms with Gasteiger partial charge in [0, 0.05) is 6.42 Å². The highest BCUT2D eigenvalue weighted by Gasteiger charge is 1.87. The van der Waals surface area contributed by atoms with Crippen molar-refractivity contribution in [2.24, 2.45) is 0 Å². The van der Waals surface area contributed by atoms with Crippen molar-refractivity contribution in [3.05, 3.63) is 42.3 Å². The van der Waals surface area contributed by atoms with Gasteiger partial charge in [-0.25, -0.2) is 0 Å². The molecule has 0 saturated carbocycles. The number of benzene rings is 1. The second-order valence-electron chi connectivity index (χ2n) is 2.42. The van der Waals surface area contributed by atoms with Crippen LogP contribution in [0.5, 0.6) is 0 Å². The zero-order valence-corrected chi connectivity index (χ0v) is 6.72. The predicted molar refractivity (Wildman–Crippen MR) is 48.1 cm³/mol. The van der Waals surface area contributed by atoms with Crippen LogP contribution in [0.3, 0.4) is 0 Å². The van der Waals surface area contributed by atoms with Crippen LogP contribution in [0.1, 0.15) is 18.1 Å². The van der Waals surface area contributed by atoms with E-state index >= 15 is 0 Å². The summed E-state index contributed by atoms with van der Waals surface area (Å²) >= 11 is 0. The summed E-state index contributed by atoms with van der Waals surface area (Å²) in [7, 11) is 0. The first-order chi connectivity index (χ1) is 5.33. The van der Waals surface area contributed by atoms with Gasteiger partial charge in [-0.15, -0.1) is 5.92 Å². The minimum absolute atomic E-state index is 0.844. The Bertz CT molecular complexity index is 269. The minimum atomic E-state index is 0.844. The number of hydrogen-bond acceptors (Lipinski definition) is 0. The Morgan fingerprint density at radius 2 is 1.91 bits per heavy atom. The van der Waals surface area contributed by atoms with Gasteiger partial charge >= 0.3 is 0 Å². The van der Waals surface area contributed by atoms with Gasteiger partial charge in [-0.1, -0.05) is 30.2 Å². The molecule has 0 amide bonds. The number of rotatable bonds is 1. The van der Waals surface area contributed by atoms with Crippen molar-refractivity contribution < 1.29 is 0 Å². The maximum atomic E-state index is 3.81.